The Hall–Kier alpha value is -4.31. The first-order chi connectivity index (χ1) is 16.0. The van der Waals surface area contributed by atoms with Crippen molar-refractivity contribution in [2.24, 2.45) is 0 Å². The summed E-state index contributed by atoms with van der Waals surface area (Å²) in [5.41, 5.74) is 2.14. The number of hydrogen-bond donors (Lipinski definition) is 2. The minimum Gasteiger partial charge on any atom is -0.490 e. The maximum absolute atomic E-state index is 12.9. The molecule has 0 aliphatic rings. The second-order valence-electron chi connectivity index (χ2n) is 7.19. The lowest BCUT2D eigenvalue weighted by atomic mass is 10.1. The van der Waals surface area contributed by atoms with E-state index in [2.05, 4.69) is 10.6 Å². The smallest absolute Gasteiger partial charge is 0.262 e. The number of benzene rings is 3. The molecule has 0 spiro atoms. The van der Waals surface area contributed by atoms with Crippen molar-refractivity contribution in [3.8, 4) is 17.6 Å². The van der Waals surface area contributed by atoms with E-state index in [1.54, 1.807) is 42.5 Å². The predicted molar refractivity (Wildman–Crippen MR) is 125 cm³/mol. The number of nitrogens with zero attached hydrogens (tertiary/aromatic N) is 1. The molecule has 3 aromatic carbocycles. The van der Waals surface area contributed by atoms with Crippen molar-refractivity contribution in [2.45, 2.75) is 19.9 Å². The summed E-state index contributed by atoms with van der Waals surface area (Å²) < 4.78 is 11.1. The Kier molecular flexibility index (Phi) is 8.03. The van der Waals surface area contributed by atoms with Crippen LogP contribution in [0.25, 0.3) is 0 Å². The Morgan fingerprint density at radius 3 is 2.42 bits per heavy atom. The zero-order valence-corrected chi connectivity index (χ0v) is 18.5. The molecule has 0 fully saturated rings. The fourth-order valence-electron chi connectivity index (χ4n) is 3.18. The fourth-order valence-corrected chi connectivity index (χ4v) is 3.18. The van der Waals surface area contributed by atoms with Crippen molar-refractivity contribution in [2.75, 3.05) is 18.5 Å². The SMILES string of the molecule is CCOc1cc(C#N)ccc1OCC(=O)Nc1ccccc1C(=O)NC(C)c1ccccc1. The molecule has 3 aromatic rings. The van der Waals surface area contributed by atoms with Gasteiger partial charge >= 0.3 is 0 Å². The molecule has 1 atom stereocenters. The monoisotopic (exact) mass is 443 g/mol. The molecule has 168 valence electrons. The molecule has 2 amide bonds. The Bertz CT molecular complexity index is 1160. The lowest BCUT2D eigenvalue weighted by Crippen LogP contribution is -2.28. The highest BCUT2D eigenvalue weighted by Crippen LogP contribution is 2.28. The summed E-state index contributed by atoms with van der Waals surface area (Å²) in [7, 11) is 0. The van der Waals surface area contributed by atoms with E-state index in [0.29, 0.717) is 34.9 Å². The van der Waals surface area contributed by atoms with E-state index in [0.717, 1.165) is 5.56 Å². The minimum absolute atomic E-state index is 0.195. The Morgan fingerprint density at radius 1 is 0.970 bits per heavy atom. The summed E-state index contributed by atoms with van der Waals surface area (Å²) >= 11 is 0. The number of anilines is 1. The molecule has 0 radical (unpaired) electrons. The van der Waals surface area contributed by atoms with Gasteiger partial charge in [-0.15, -0.1) is 0 Å². The van der Waals surface area contributed by atoms with Crippen molar-refractivity contribution >= 4 is 17.5 Å². The van der Waals surface area contributed by atoms with Gasteiger partial charge in [0.2, 0.25) is 0 Å². The number of amides is 2. The molecule has 0 aromatic heterocycles. The van der Waals surface area contributed by atoms with Crippen molar-refractivity contribution < 1.29 is 19.1 Å². The van der Waals surface area contributed by atoms with Gasteiger partial charge in [-0.05, 0) is 43.7 Å². The van der Waals surface area contributed by atoms with E-state index in [-0.39, 0.29) is 18.6 Å². The van der Waals surface area contributed by atoms with Crippen LogP contribution < -0.4 is 20.1 Å². The number of hydrogen-bond acceptors (Lipinski definition) is 5. The van der Waals surface area contributed by atoms with Crippen molar-refractivity contribution in [3.05, 3.63) is 89.5 Å². The minimum atomic E-state index is -0.432. The maximum Gasteiger partial charge on any atom is 0.262 e. The molecule has 0 saturated heterocycles. The highest BCUT2D eigenvalue weighted by Gasteiger charge is 2.17. The van der Waals surface area contributed by atoms with Gasteiger partial charge < -0.3 is 20.1 Å². The van der Waals surface area contributed by atoms with Crippen LogP contribution in [0.3, 0.4) is 0 Å². The molecule has 1 unspecified atom stereocenters. The normalized spacial score (nSPS) is 11.1. The first-order valence-electron chi connectivity index (χ1n) is 10.6. The quantitative estimate of drug-likeness (QED) is 0.508. The van der Waals surface area contributed by atoms with Crippen LogP contribution in [-0.2, 0) is 4.79 Å². The lowest BCUT2D eigenvalue weighted by Gasteiger charge is -2.17. The van der Waals surface area contributed by atoms with Gasteiger partial charge in [-0.2, -0.15) is 5.26 Å². The fraction of sp³-hybridized carbons (Fsp3) is 0.192. The van der Waals surface area contributed by atoms with Gasteiger partial charge in [0.25, 0.3) is 11.8 Å². The van der Waals surface area contributed by atoms with Gasteiger partial charge in [-0.25, -0.2) is 0 Å². The highest BCUT2D eigenvalue weighted by atomic mass is 16.5. The van der Waals surface area contributed by atoms with Crippen LogP contribution in [0, 0.1) is 11.3 Å². The van der Waals surface area contributed by atoms with Crippen molar-refractivity contribution in [1.29, 1.82) is 5.26 Å². The second-order valence-corrected chi connectivity index (χ2v) is 7.19. The molecule has 3 rings (SSSR count). The summed E-state index contributed by atoms with van der Waals surface area (Å²) in [4.78, 5) is 25.4. The van der Waals surface area contributed by atoms with Crippen LogP contribution in [0.15, 0.2) is 72.8 Å². The molecular weight excluding hydrogens is 418 g/mol. The zero-order valence-electron chi connectivity index (χ0n) is 18.5. The number of rotatable bonds is 9. The first kappa shape index (κ1) is 23.4. The number of nitriles is 1. The van der Waals surface area contributed by atoms with E-state index >= 15 is 0 Å². The maximum atomic E-state index is 12.9. The molecule has 0 heterocycles. The van der Waals surface area contributed by atoms with Gasteiger partial charge in [0.1, 0.15) is 0 Å². The topological polar surface area (TPSA) is 100 Å². The van der Waals surface area contributed by atoms with Crippen LogP contribution in [-0.4, -0.2) is 25.0 Å². The average Bonchev–Trinajstić information content (AvgIpc) is 2.84. The number of carbonyl (C=O) groups excluding carboxylic acids is 2. The van der Waals surface area contributed by atoms with Crippen LogP contribution >= 0.6 is 0 Å². The summed E-state index contributed by atoms with van der Waals surface area (Å²) in [5, 5.41) is 14.7. The third kappa shape index (κ3) is 6.34. The number of para-hydroxylation sites is 1. The highest BCUT2D eigenvalue weighted by molar-refractivity contribution is 6.04. The Labute approximate surface area is 193 Å². The molecule has 0 bridgehead atoms. The summed E-state index contributed by atoms with van der Waals surface area (Å²) in [5.74, 6) is 0.0137. The third-order valence-electron chi connectivity index (χ3n) is 4.82. The van der Waals surface area contributed by atoms with Crippen molar-refractivity contribution in [1.82, 2.24) is 5.32 Å². The van der Waals surface area contributed by atoms with Gasteiger partial charge in [0, 0.05) is 6.07 Å². The zero-order chi connectivity index (χ0) is 23.6. The largest absolute Gasteiger partial charge is 0.490 e. The van der Waals surface area contributed by atoms with E-state index in [1.807, 2.05) is 50.2 Å². The van der Waals surface area contributed by atoms with E-state index in [4.69, 9.17) is 14.7 Å². The Balaban J connectivity index is 1.65. The average molecular weight is 444 g/mol. The van der Waals surface area contributed by atoms with Gasteiger partial charge in [0.05, 0.1) is 35.5 Å². The molecule has 0 saturated carbocycles. The lowest BCUT2D eigenvalue weighted by molar-refractivity contribution is -0.118. The number of ether oxygens (including phenoxy) is 2. The third-order valence-corrected chi connectivity index (χ3v) is 4.82. The van der Waals surface area contributed by atoms with E-state index in [9.17, 15) is 9.59 Å². The van der Waals surface area contributed by atoms with Gasteiger partial charge in [0.15, 0.2) is 18.1 Å². The van der Waals surface area contributed by atoms with Crippen LogP contribution in [0.1, 0.15) is 41.4 Å². The van der Waals surface area contributed by atoms with Crippen LogP contribution in [0.5, 0.6) is 11.5 Å². The number of carbonyl (C=O) groups is 2. The molecule has 7 nitrogen and oxygen atoms in total. The molecule has 2 N–H and O–H groups in total. The molecule has 33 heavy (non-hydrogen) atoms. The standard InChI is InChI=1S/C26H25N3O4/c1-3-32-24-15-19(16-27)13-14-23(24)33-17-25(30)29-22-12-8-7-11-21(22)26(31)28-18(2)20-9-5-4-6-10-20/h4-15,18H,3,17H2,1-2H3,(H,28,31)(H,29,30). The van der Waals surface area contributed by atoms with Gasteiger partial charge in [-0.3, -0.25) is 9.59 Å². The first-order valence-corrected chi connectivity index (χ1v) is 10.6. The second kappa shape index (κ2) is 11.3. The van der Waals surface area contributed by atoms with Crippen LogP contribution in [0.2, 0.25) is 0 Å². The Morgan fingerprint density at radius 2 is 1.70 bits per heavy atom. The summed E-state index contributed by atoms with van der Waals surface area (Å²) in [6, 6.07) is 23.0. The summed E-state index contributed by atoms with van der Waals surface area (Å²) in [6.07, 6.45) is 0. The number of nitrogens with one attached hydrogen (secondary N) is 2. The van der Waals surface area contributed by atoms with Crippen LogP contribution in [0.4, 0.5) is 5.69 Å². The van der Waals surface area contributed by atoms with E-state index < -0.39 is 5.91 Å². The molecule has 7 heteroatoms. The molecule has 0 aliphatic heterocycles. The molecule has 0 aliphatic carbocycles. The van der Waals surface area contributed by atoms with Crippen molar-refractivity contribution in [3.63, 3.8) is 0 Å². The molecular formula is C26H25N3O4. The summed E-state index contributed by atoms with van der Waals surface area (Å²) in [6.45, 7) is 3.82. The van der Waals surface area contributed by atoms with Gasteiger partial charge in [-0.1, -0.05) is 42.5 Å². The predicted octanol–water partition coefficient (Wildman–Crippen LogP) is 4.47. The van der Waals surface area contributed by atoms with E-state index in [1.165, 1.54) is 0 Å².